The first-order valence-electron chi connectivity index (χ1n) is 7.20. The van der Waals surface area contributed by atoms with Crippen LogP contribution in [0.25, 0.3) is 0 Å². The third kappa shape index (κ3) is 2.54. The Labute approximate surface area is 111 Å². The Morgan fingerprint density at radius 3 is 2.28 bits per heavy atom. The zero-order valence-electron chi connectivity index (χ0n) is 11.6. The summed E-state index contributed by atoms with van der Waals surface area (Å²) in [4.78, 5) is 0. The van der Waals surface area contributed by atoms with Gasteiger partial charge in [-0.2, -0.15) is 0 Å². The van der Waals surface area contributed by atoms with Crippen LogP contribution in [-0.2, 0) is 0 Å². The Hall–Kier alpha value is -1.02. The minimum absolute atomic E-state index is 0.167. The largest absolute Gasteiger partial charge is 0.494 e. The lowest BCUT2D eigenvalue weighted by Crippen LogP contribution is -2.31. The van der Waals surface area contributed by atoms with E-state index in [2.05, 4.69) is 19.1 Å². The van der Waals surface area contributed by atoms with E-state index in [-0.39, 0.29) is 6.04 Å². The maximum Gasteiger partial charge on any atom is 0.119 e. The van der Waals surface area contributed by atoms with Crippen LogP contribution in [0.1, 0.15) is 57.6 Å². The van der Waals surface area contributed by atoms with Gasteiger partial charge in [0.1, 0.15) is 5.75 Å². The highest BCUT2D eigenvalue weighted by Crippen LogP contribution is 2.48. The molecule has 0 spiro atoms. The number of hydrogen-bond donors (Lipinski definition) is 1. The molecule has 2 N–H and O–H groups in total. The normalized spacial score (nSPS) is 19.7. The van der Waals surface area contributed by atoms with Crippen molar-refractivity contribution in [1.82, 2.24) is 0 Å². The molecule has 18 heavy (non-hydrogen) atoms. The Balaban J connectivity index is 2.14. The van der Waals surface area contributed by atoms with Crippen LogP contribution in [-0.4, -0.2) is 6.61 Å². The first kappa shape index (κ1) is 13.4. The van der Waals surface area contributed by atoms with E-state index in [1.54, 1.807) is 0 Å². The van der Waals surface area contributed by atoms with Crippen molar-refractivity contribution in [3.63, 3.8) is 0 Å². The van der Waals surface area contributed by atoms with Gasteiger partial charge in [-0.3, -0.25) is 0 Å². The van der Waals surface area contributed by atoms with Crippen molar-refractivity contribution in [2.45, 2.75) is 52.0 Å². The van der Waals surface area contributed by atoms with Gasteiger partial charge in [0.25, 0.3) is 0 Å². The standard InChI is InChI=1S/C16H25NO/c1-3-16(11-5-6-12-16)15(17)13-7-9-14(10-8-13)18-4-2/h7-10,15H,3-6,11-12,17H2,1-2H3. The van der Waals surface area contributed by atoms with Gasteiger partial charge >= 0.3 is 0 Å². The van der Waals surface area contributed by atoms with Crippen molar-refractivity contribution < 1.29 is 4.74 Å². The average molecular weight is 247 g/mol. The van der Waals surface area contributed by atoms with Crippen molar-refractivity contribution in [3.8, 4) is 5.75 Å². The fraction of sp³-hybridized carbons (Fsp3) is 0.625. The van der Waals surface area contributed by atoms with Crippen LogP contribution in [0.4, 0.5) is 0 Å². The van der Waals surface area contributed by atoms with Crippen LogP contribution in [0.5, 0.6) is 5.75 Å². The molecule has 1 aromatic rings. The molecule has 1 aliphatic rings. The SMILES string of the molecule is CCOc1ccc(C(N)C2(CC)CCCC2)cc1. The Bertz CT molecular complexity index is 365. The topological polar surface area (TPSA) is 35.2 Å². The summed E-state index contributed by atoms with van der Waals surface area (Å²) >= 11 is 0. The van der Waals surface area contributed by atoms with Crippen LogP contribution < -0.4 is 10.5 Å². The summed E-state index contributed by atoms with van der Waals surface area (Å²) in [5, 5.41) is 0. The molecule has 1 saturated carbocycles. The Kier molecular flexibility index (Phi) is 4.28. The summed E-state index contributed by atoms with van der Waals surface area (Å²) in [6.45, 7) is 4.99. The molecule has 0 aromatic heterocycles. The smallest absolute Gasteiger partial charge is 0.119 e. The summed E-state index contributed by atoms with van der Waals surface area (Å²) in [6, 6.07) is 8.51. The molecule has 1 fully saturated rings. The number of ether oxygens (including phenoxy) is 1. The van der Waals surface area contributed by atoms with Gasteiger partial charge in [-0.25, -0.2) is 0 Å². The number of hydrogen-bond acceptors (Lipinski definition) is 2. The van der Waals surface area contributed by atoms with E-state index in [9.17, 15) is 0 Å². The van der Waals surface area contributed by atoms with Gasteiger partial charge in [0, 0.05) is 6.04 Å². The number of rotatable bonds is 5. The van der Waals surface area contributed by atoms with E-state index in [4.69, 9.17) is 10.5 Å². The average Bonchev–Trinajstić information content (AvgIpc) is 2.89. The molecular weight excluding hydrogens is 222 g/mol. The molecule has 1 aliphatic carbocycles. The Morgan fingerprint density at radius 1 is 1.17 bits per heavy atom. The fourth-order valence-corrected chi connectivity index (χ4v) is 3.26. The molecule has 0 saturated heterocycles. The van der Waals surface area contributed by atoms with Crippen molar-refractivity contribution in [2.24, 2.45) is 11.1 Å². The molecule has 0 amide bonds. The molecule has 100 valence electrons. The first-order valence-corrected chi connectivity index (χ1v) is 7.20. The molecule has 2 rings (SSSR count). The quantitative estimate of drug-likeness (QED) is 0.851. The van der Waals surface area contributed by atoms with Gasteiger partial charge in [0.2, 0.25) is 0 Å². The molecule has 1 unspecified atom stereocenters. The van der Waals surface area contributed by atoms with Gasteiger partial charge in [0.05, 0.1) is 6.61 Å². The molecule has 0 heterocycles. The minimum atomic E-state index is 0.167. The van der Waals surface area contributed by atoms with Crippen LogP contribution in [0.2, 0.25) is 0 Å². The van der Waals surface area contributed by atoms with Gasteiger partial charge in [0.15, 0.2) is 0 Å². The van der Waals surface area contributed by atoms with Crippen LogP contribution in [0.15, 0.2) is 24.3 Å². The van der Waals surface area contributed by atoms with Crippen LogP contribution in [0.3, 0.4) is 0 Å². The predicted molar refractivity (Wildman–Crippen MR) is 75.7 cm³/mol. The van der Waals surface area contributed by atoms with Crippen molar-refractivity contribution in [2.75, 3.05) is 6.61 Å². The second-order valence-corrected chi connectivity index (χ2v) is 5.40. The van der Waals surface area contributed by atoms with E-state index in [0.717, 1.165) is 5.75 Å². The lowest BCUT2D eigenvalue weighted by molar-refractivity contribution is 0.222. The minimum Gasteiger partial charge on any atom is -0.494 e. The third-order valence-electron chi connectivity index (χ3n) is 4.51. The maximum atomic E-state index is 6.53. The van der Waals surface area contributed by atoms with Gasteiger partial charge in [-0.05, 0) is 49.3 Å². The highest BCUT2D eigenvalue weighted by Gasteiger charge is 2.38. The molecule has 0 bridgehead atoms. The molecule has 0 aliphatic heterocycles. The Morgan fingerprint density at radius 2 is 1.78 bits per heavy atom. The van der Waals surface area contributed by atoms with Crippen molar-refractivity contribution in [1.29, 1.82) is 0 Å². The molecule has 0 radical (unpaired) electrons. The maximum absolute atomic E-state index is 6.53. The predicted octanol–water partition coefficient (Wildman–Crippen LogP) is 4.06. The summed E-state index contributed by atoms with van der Waals surface area (Å²) in [7, 11) is 0. The second-order valence-electron chi connectivity index (χ2n) is 5.40. The zero-order valence-corrected chi connectivity index (χ0v) is 11.6. The number of benzene rings is 1. The summed E-state index contributed by atoms with van der Waals surface area (Å²) < 4.78 is 5.48. The van der Waals surface area contributed by atoms with Crippen LogP contribution >= 0.6 is 0 Å². The summed E-state index contributed by atoms with van der Waals surface area (Å²) in [5.74, 6) is 0.936. The van der Waals surface area contributed by atoms with Gasteiger partial charge < -0.3 is 10.5 Å². The molecule has 1 atom stereocenters. The van der Waals surface area contributed by atoms with Gasteiger partial charge in [-0.15, -0.1) is 0 Å². The zero-order chi connectivity index (χ0) is 13.0. The summed E-state index contributed by atoms with van der Waals surface area (Å²) in [6.07, 6.45) is 6.40. The van der Waals surface area contributed by atoms with E-state index in [1.807, 2.05) is 19.1 Å². The highest BCUT2D eigenvalue weighted by molar-refractivity contribution is 5.30. The monoisotopic (exact) mass is 247 g/mol. The summed E-state index contributed by atoms with van der Waals surface area (Å²) in [5.41, 5.74) is 8.11. The van der Waals surface area contributed by atoms with Crippen molar-refractivity contribution >= 4 is 0 Å². The van der Waals surface area contributed by atoms with E-state index < -0.39 is 0 Å². The van der Waals surface area contributed by atoms with Crippen molar-refractivity contribution in [3.05, 3.63) is 29.8 Å². The molecular formula is C16H25NO. The van der Waals surface area contributed by atoms with Crippen LogP contribution in [0, 0.1) is 5.41 Å². The first-order chi connectivity index (χ1) is 8.72. The lowest BCUT2D eigenvalue weighted by atomic mass is 9.74. The molecule has 1 aromatic carbocycles. The third-order valence-corrected chi connectivity index (χ3v) is 4.51. The molecule has 2 heteroatoms. The second kappa shape index (κ2) is 5.75. The van der Waals surface area contributed by atoms with E-state index in [0.29, 0.717) is 12.0 Å². The fourth-order valence-electron chi connectivity index (χ4n) is 3.26. The lowest BCUT2D eigenvalue weighted by Gasteiger charge is -2.34. The van der Waals surface area contributed by atoms with E-state index >= 15 is 0 Å². The number of nitrogens with two attached hydrogens (primary N) is 1. The highest BCUT2D eigenvalue weighted by atomic mass is 16.5. The molecule has 2 nitrogen and oxygen atoms in total. The van der Waals surface area contributed by atoms with E-state index in [1.165, 1.54) is 37.7 Å². The van der Waals surface area contributed by atoms with Gasteiger partial charge in [-0.1, -0.05) is 31.9 Å².